The number of nitrogens with one attached hydrogen (secondary N) is 1. The summed E-state index contributed by atoms with van der Waals surface area (Å²) in [6.07, 6.45) is 2.96. The maximum atomic E-state index is 12.9. The van der Waals surface area contributed by atoms with Gasteiger partial charge in [-0.15, -0.1) is 0 Å². The molecule has 2 heterocycles. The number of amides is 1. The molecule has 5 nitrogen and oxygen atoms in total. The van der Waals surface area contributed by atoms with E-state index >= 15 is 0 Å². The summed E-state index contributed by atoms with van der Waals surface area (Å²) in [6, 6.07) is 7.71. The lowest BCUT2D eigenvalue weighted by atomic mass is 10.0. The summed E-state index contributed by atoms with van der Waals surface area (Å²) >= 11 is 6.13. The van der Waals surface area contributed by atoms with Gasteiger partial charge in [0.2, 0.25) is 0 Å². The Hall–Kier alpha value is -1.14. The molecule has 1 aromatic rings. The zero-order valence-corrected chi connectivity index (χ0v) is 15.5. The average Bonchev–Trinajstić information content (AvgIpc) is 2.66. The van der Waals surface area contributed by atoms with E-state index in [1.54, 1.807) is 0 Å². The van der Waals surface area contributed by atoms with Crippen molar-refractivity contribution in [2.45, 2.75) is 44.4 Å². The van der Waals surface area contributed by atoms with E-state index in [1.165, 1.54) is 6.42 Å². The molecule has 6 heteroatoms. The van der Waals surface area contributed by atoms with E-state index in [2.05, 4.69) is 5.32 Å². The predicted octanol–water partition coefficient (Wildman–Crippen LogP) is 2.79. The lowest BCUT2D eigenvalue weighted by Gasteiger charge is -2.38. The summed E-state index contributed by atoms with van der Waals surface area (Å²) < 4.78 is 11.5. The molecule has 0 aromatic heterocycles. The lowest BCUT2D eigenvalue weighted by Crippen LogP contribution is -2.51. The van der Waals surface area contributed by atoms with Crippen LogP contribution in [0.3, 0.4) is 0 Å². The maximum absolute atomic E-state index is 12.9. The van der Waals surface area contributed by atoms with Gasteiger partial charge < -0.3 is 19.7 Å². The predicted molar refractivity (Wildman–Crippen MR) is 97.8 cm³/mol. The first kappa shape index (κ1) is 18.6. The number of benzene rings is 1. The van der Waals surface area contributed by atoms with E-state index in [4.69, 9.17) is 21.1 Å². The van der Waals surface area contributed by atoms with Crippen LogP contribution in [0.25, 0.3) is 0 Å². The first-order valence-corrected chi connectivity index (χ1v) is 9.53. The van der Waals surface area contributed by atoms with E-state index in [0.717, 1.165) is 38.1 Å². The van der Waals surface area contributed by atoms with Gasteiger partial charge in [0.05, 0.1) is 18.8 Å². The fraction of sp³-hybridized carbons (Fsp3) is 0.632. The van der Waals surface area contributed by atoms with Crippen LogP contribution in [0.4, 0.5) is 0 Å². The molecule has 0 radical (unpaired) electrons. The summed E-state index contributed by atoms with van der Waals surface area (Å²) in [7, 11) is 0. The Balaban J connectivity index is 1.61. The third-order valence-electron chi connectivity index (χ3n) is 4.91. The van der Waals surface area contributed by atoms with Crippen molar-refractivity contribution in [3.63, 3.8) is 0 Å². The van der Waals surface area contributed by atoms with Gasteiger partial charge in [-0.2, -0.15) is 0 Å². The normalized spacial score (nSPS) is 25.6. The number of carbonyl (C=O) groups is 1. The molecule has 3 rings (SSSR count). The first-order valence-electron chi connectivity index (χ1n) is 9.15. The van der Waals surface area contributed by atoms with Crippen molar-refractivity contribution in [3.05, 3.63) is 34.9 Å². The minimum Gasteiger partial charge on any atom is -0.376 e. The number of ether oxygens (including phenoxy) is 2. The van der Waals surface area contributed by atoms with Crippen molar-refractivity contribution in [2.24, 2.45) is 0 Å². The molecule has 0 spiro atoms. The van der Waals surface area contributed by atoms with Crippen molar-refractivity contribution in [3.8, 4) is 0 Å². The maximum Gasteiger partial charge on any atom is 0.252 e. The Morgan fingerprint density at radius 3 is 3.12 bits per heavy atom. The fourth-order valence-corrected chi connectivity index (χ4v) is 3.67. The molecule has 2 aliphatic heterocycles. The molecule has 2 aliphatic rings. The van der Waals surface area contributed by atoms with Crippen LogP contribution in [-0.2, 0) is 14.3 Å². The van der Waals surface area contributed by atoms with E-state index in [0.29, 0.717) is 18.2 Å². The molecule has 25 heavy (non-hydrogen) atoms. The molecule has 138 valence electrons. The van der Waals surface area contributed by atoms with Crippen LogP contribution in [0.2, 0.25) is 5.02 Å². The summed E-state index contributed by atoms with van der Waals surface area (Å²) in [6.45, 7) is 5.31. The smallest absolute Gasteiger partial charge is 0.252 e. The number of halogens is 1. The molecule has 3 unspecified atom stereocenters. The SMILES string of the molecule is CC(OCC1CCCCO1)C(=O)N1CCNCC1c1cccc(Cl)c1. The van der Waals surface area contributed by atoms with E-state index in [1.807, 2.05) is 36.1 Å². The molecule has 3 atom stereocenters. The summed E-state index contributed by atoms with van der Waals surface area (Å²) in [4.78, 5) is 14.9. The second-order valence-corrected chi connectivity index (χ2v) is 7.21. The molecule has 1 amide bonds. The van der Waals surface area contributed by atoms with Gasteiger partial charge >= 0.3 is 0 Å². The number of hydrogen-bond acceptors (Lipinski definition) is 4. The van der Waals surface area contributed by atoms with Gasteiger partial charge in [-0.1, -0.05) is 23.7 Å². The first-order chi connectivity index (χ1) is 12.1. The molecule has 0 aliphatic carbocycles. The Bertz CT molecular complexity index is 578. The van der Waals surface area contributed by atoms with Crippen LogP contribution >= 0.6 is 11.6 Å². The highest BCUT2D eigenvalue weighted by Gasteiger charge is 2.31. The third-order valence-corrected chi connectivity index (χ3v) is 5.15. The van der Waals surface area contributed by atoms with Gasteiger partial charge in [-0.25, -0.2) is 0 Å². The quantitative estimate of drug-likeness (QED) is 0.870. The Morgan fingerprint density at radius 2 is 2.36 bits per heavy atom. The van der Waals surface area contributed by atoms with E-state index < -0.39 is 6.10 Å². The van der Waals surface area contributed by atoms with Gasteiger partial charge in [-0.3, -0.25) is 4.79 Å². The van der Waals surface area contributed by atoms with Gasteiger partial charge in [0.1, 0.15) is 6.10 Å². The van der Waals surface area contributed by atoms with Crippen LogP contribution in [-0.4, -0.2) is 55.9 Å². The molecule has 0 saturated carbocycles. The zero-order valence-electron chi connectivity index (χ0n) is 14.7. The average molecular weight is 367 g/mol. The second-order valence-electron chi connectivity index (χ2n) is 6.77. The Kier molecular flexibility index (Phi) is 6.70. The summed E-state index contributed by atoms with van der Waals surface area (Å²) in [5.74, 6) is 0.0299. The molecule has 1 aromatic carbocycles. The largest absolute Gasteiger partial charge is 0.376 e. The highest BCUT2D eigenvalue weighted by molar-refractivity contribution is 6.30. The monoisotopic (exact) mass is 366 g/mol. The van der Waals surface area contributed by atoms with Crippen molar-refractivity contribution in [2.75, 3.05) is 32.8 Å². The number of carbonyl (C=O) groups excluding carboxylic acids is 1. The number of hydrogen-bond donors (Lipinski definition) is 1. The minimum absolute atomic E-state index is 0.0167. The van der Waals surface area contributed by atoms with Crippen LogP contribution in [0.5, 0.6) is 0 Å². The molecular weight excluding hydrogens is 340 g/mol. The molecule has 0 bridgehead atoms. The Labute approximate surface area is 154 Å². The lowest BCUT2D eigenvalue weighted by molar-refractivity contribution is -0.149. The third kappa shape index (κ3) is 4.94. The Morgan fingerprint density at radius 1 is 1.48 bits per heavy atom. The van der Waals surface area contributed by atoms with E-state index in [9.17, 15) is 4.79 Å². The van der Waals surface area contributed by atoms with Crippen molar-refractivity contribution >= 4 is 17.5 Å². The van der Waals surface area contributed by atoms with Gasteiger partial charge in [-0.05, 0) is 43.9 Å². The zero-order chi connectivity index (χ0) is 17.6. The van der Waals surface area contributed by atoms with Crippen LogP contribution in [0.1, 0.15) is 37.8 Å². The molecule has 2 saturated heterocycles. The van der Waals surface area contributed by atoms with Crippen LogP contribution in [0.15, 0.2) is 24.3 Å². The van der Waals surface area contributed by atoms with E-state index in [-0.39, 0.29) is 18.1 Å². The van der Waals surface area contributed by atoms with Crippen molar-refractivity contribution in [1.29, 1.82) is 0 Å². The van der Waals surface area contributed by atoms with Gasteiger partial charge in [0.25, 0.3) is 5.91 Å². The minimum atomic E-state index is -0.467. The second kappa shape index (κ2) is 8.99. The highest BCUT2D eigenvalue weighted by Crippen LogP contribution is 2.25. The standard InChI is InChI=1S/C19H27ClN2O3/c1-14(25-13-17-7-2-3-10-24-17)19(23)22-9-8-21-12-18(22)15-5-4-6-16(20)11-15/h4-6,11,14,17-18,21H,2-3,7-10,12-13H2,1H3. The van der Waals surface area contributed by atoms with Crippen LogP contribution < -0.4 is 5.32 Å². The number of nitrogens with zero attached hydrogens (tertiary/aromatic N) is 1. The van der Waals surface area contributed by atoms with Gasteiger partial charge in [0, 0.05) is 31.3 Å². The van der Waals surface area contributed by atoms with Gasteiger partial charge in [0.15, 0.2) is 0 Å². The highest BCUT2D eigenvalue weighted by atomic mass is 35.5. The topological polar surface area (TPSA) is 50.8 Å². The molecule has 1 N–H and O–H groups in total. The molecular formula is C19H27ClN2O3. The van der Waals surface area contributed by atoms with Crippen molar-refractivity contribution in [1.82, 2.24) is 10.2 Å². The van der Waals surface area contributed by atoms with Crippen molar-refractivity contribution < 1.29 is 14.3 Å². The summed E-state index contributed by atoms with van der Waals surface area (Å²) in [5.41, 5.74) is 1.05. The number of rotatable bonds is 5. The summed E-state index contributed by atoms with van der Waals surface area (Å²) in [5, 5.41) is 4.05. The fourth-order valence-electron chi connectivity index (χ4n) is 3.48. The number of piperazine rings is 1. The molecule has 2 fully saturated rings. The van der Waals surface area contributed by atoms with Crippen LogP contribution in [0, 0.1) is 0 Å².